The van der Waals surface area contributed by atoms with Crippen molar-refractivity contribution in [3.05, 3.63) is 40.0 Å². The molecule has 66 valence electrons. The second-order valence-electron chi connectivity index (χ2n) is 3.17. The highest BCUT2D eigenvalue weighted by molar-refractivity contribution is 5.43. The summed E-state index contributed by atoms with van der Waals surface area (Å²) < 4.78 is 13.2. The molecule has 4 heteroatoms. The molecule has 0 bridgehead atoms. The molecule has 1 fully saturated rings. The average Bonchev–Trinajstić information content (AvgIpc) is 2.92. The first-order valence-electron chi connectivity index (χ1n) is 4.16. The maximum absolute atomic E-state index is 13.2. The minimum absolute atomic E-state index is 0.195. The van der Waals surface area contributed by atoms with Crippen LogP contribution in [0.4, 0.5) is 10.1 Å². The molecule has 1 aromatic rings. The quantitative estimate of drug-likeness (QED) is 0.376. The summed E-state index contributed by atoms with van der Waals surface area (Å²) >= 11 is 0. The molecule has 0 atom stereocenters. The molecule has 0 amide bonds. The zero-order valence-corrected chi connectivity index (χ0v) is 6.94. The van der Waals surface area contributed by atoms with Crippen LogP contribution in [0.25, 0.3) is 10.4 Å². The summed E-state index contributed by atoms with van der Waals surface area (Å²) in [4.78, 5) is 2.66. The van der Waals surface area contributed by atoms with Gasteiger partial charge in [0.2, 0.25) is 0 Å². The summed E-state index contributed by atoms with van der Waals surface area (Å²) in [5.41, 5.74) is 9.38. The van der Waals surface area contributed by atoms with Crippen LogP contribution >= 0.6 is 0 Å². The summed E-state index contributed by atoms with van der Waals surface area (Å²) in [5.74, 6) is 0.147. The average molecular weight is 177 g/mol. The lowest BCUT2D eigenvalue weighted by Crippen LogP contribution is -1.85. The summed E-state index contributed by atoms with van der Waals surface area (Å²) in [7, 11) is 0. The van der Waals surface area contributed by atoms with Crippen LogP contribution in [-0.4, -0.2) is 0 Å². The van der Waals surface area contributed by atoms with Crippen LogP contribution in [0.1, 0.15) is 24.3 Å². The smallest absolute Gasteiger partial charge is 0.126 e. The van der Waals surface area contributed by atoms with E-state index in [0.29, 0.717) is 17.2 Å². The molecular formula is C9H8FN3. The lowest BCUT2D eigenvalue weighted by atomic mass is 10.1. The molecule has 2 rings (SSSR count). The van der Waals surface area contributed by atoms with E-state index in [-0.39, 0.29) is 5.82 Å². The molecule has 0 radical (unpaired) electrons. The molecule has 13 heavy (non-hydrogen) atoms. The Hall–Kier alpha value is -1.54. The monoisotopic (exact) mass is 177 g/mol. The van der Waals surface area contributed by atoms with Gasteiger partial charge in [-0.3, -0.25) is 0 Å². The van der Waals surface area contributed by atoms with E-state index in [1.165, 1.54) is 12.1 Å². The van der Waals surface area contributed by atoms with E-state index in [1.54, 1.807) is 6.07 Å². The maximum atomic E-state index is 13.2. The molecule has 1 aromatic carbocycles. The van der Waals surface area contributed by atoms with E-state index in [9.17, 15) is 4.39 Å². The summed E-state index contributed by atoms with van der Waals surface area (Å²) in [6, 6.07) is 4.48. The highest BCUT2D eigenvalue weighted by Crippen LogP contribution is 2.42. The lowest BCUT2D eigenvalue weighted by molar-refractivity contribution is 0.611. The van der Waals surface area contributed by atoms with Crippen molar-refractivity contribution in [1.82, 2.24) is 0 Å². The standard InChI is InChI=1S/C9H8FN3/c10-9-4-3-7(12-13-11)5-8(9)6-1-2-6/h3-6H,1-2H2. The van der Waals surface area contributed by atoms with Crippen molar-refractivity contribution >= 4 is 5.69 Å². The first kappa shape index (κ1) is 8.08. The van der Waals surface area contributed by atoms with Gasteiger partial charge in [-0.2, -0.15) is 0 Å². The van der Waals surface area contributed by atoms with Crippen LogP contribution in [0.2, 0.25) is 0 Å². The highest BCUT2D eigenvalue weighted by Gasteiger charge is 2.26. The SMILES string of the molecule is [N-]=[N+]=Nc1ccc(F)c(C2CC2)c1. The second-order valence-corrected chi connectivity index (χ2v) is 3.17. The number of nitrogens with zero attached hydrogens (tertiary/aromatic N) is 3. The molecule has 0 aliphatic heterocycles. The van der Waals surface area contributed by atoms with E-state index >= 15 is 0 Å². The van der Waals surface area contributed by atoms with Crippen LogP contribution in [-0.2, 0) is 0 Å². The van der Waals surface area contributed by atoms with Crippen LogP contribution in [0, 0.1) is 5.82 Å². The molecule has 3 nitrogen and oxygen atoms in total. The van der Waals surface area contributed by atoms with Crippen LogP contribution in [0.3, 0.4) is 0 Å². The van der Waals surface area contributed by atoms with Gasteiger partial charge in [0.1, 0.15) is 5.82 Å². The third-order valence-electron chi connectivity index (χ3n) is 2.16. The van der Waals surface area contributed by atoms with Crippen LogP contribution < -0.4 is 0 Å². The molecule has 0 N–H and O–H groups in total. The predicted octanol–water partition coefficient (Wildman–Crippen LogP) is 3.64. The minimum Gasteiger partial charge on any atom is -0.207 e. The van der Waals surface area contributed by atoms with Gasteiger partial charge in [0.05, 0.1) is 0 Å². The van der Waals surface area contributed by atoms with Gasteiger partial charge in [-0.1, -0.05) is 5.11 Å². The van der Waals surface area contributed by atoms with Gasteiger partial charge in [-0.05, 0) is 48.1 Å². The van der Waals surface area contributed by atoms with E-state index in [0.717, 1.165) is 12.8 Å². The Bertz CT molecular complexity index is 378. The third kappa shape index (κ3) is 1.63. The second kappa shape index (κ2) is 3.07. The Balaban J connectivity index is 2.41. The van der Waals surface area contributed by atoms with Gasteiger partial charge < -0.3 is 0 Å². The lowest BCUT2D eigenvalue weighted by Gasteiger charge is -2.00. The molecule has 0 spiro atoms. The fourth-order valence-corrected chi connectivity index (χ4v) is 1.35. The predicted molar refractivity (Wildman–Crippen MR) is 47.2 cm³/mol. The largest absolute Gasteiger partial charge is 0.207 e. The summed E-state index contributed by atoms with van der Waals surface area (Å²) in [5, 5.41) is 3.43. The first-order valence-corrected chi connectivity index (χ1v) is 4.16. The third-order valence-corrected chi connectivity index (χ3v) is 2.16. The number of benzene rings is 1. The summed E-state index contributed by atoms with van der Waals surface area (Å²) in [6.07, 6.45) is 2.08. The molecule has 1 saturated carbocycles. The Kier molecular flexibility index (Phi) is 1.91. The molecule has 1 aliphatic carbocycles. The Morgan fingerprint density at radius 2 is 2.23 bits per heavy atom. The molecule has 1 aliphatic rings. The maximum Gasteiger partial charge on any atom is 0.126 e. The van der Waals surface area contributed by atoms with Crippen molar-refractivity contribution in [3.8, 4) is 0 Å². The van der Waals surface area contributed by atoms with Crippen molar-refractivity contribution < 1.29 is 4.39 Å². The van der Waals surface area contributed by atoms with Crippen molar-refractivity contribution in [3.63, 3.8) is 0 Å². The van der Waals surface area contributed by atoms with Gasteiger partial charge in [0, 0.05) is 10.6 Å². The summed E-state index contributed by atoms with van der Waals surface area (Å²) in [6.45, 7) is 0. The van der Waals surface area contributed by atoms with E-state index in [1.807, 2.05) is 0 Å². The molecular weight excluding hydrogens is 169 g/mol. The van der Waals surface area contributed by atoms with Crippen LogP contribution in [0.5, 0.6) is 0 Å². The number of halogens is 1. The molecule has 0 saturated heterocycles. The number of hydrogen-bond acceptors (Lipinski definition) is 1. The molecule has 0 unspecified atom stereocenters. The topological polar surface area (TPSA) is 48.8 Å². The van der Waals surface area contributed by atoms with Crippen molar-refractivity contribution in [2.24, 2.45) is 5.11 Å². The van der Waals surface area contributed by atoms with Gasteiger partial charge in [-0.15, -0.1) is 0 Å². The number of azide groups is 1. The Morgan fingerprint density at radius 1 is 1.46 bits per heavy atom. The van der Waals surface area contributed by atoms with E-state index < -0.39 is 0 Å². The van der Waals surface area contributed by atoms with Gasteiger partial charge in [-0.25, -0.2) is 4.39 Å². The van der Waals surface area contributed by atoms with Gasteiger partial charge >= 0.3 is 0 Å². The van der Waals surface area contributed by atoms with Crippen molar-refractivity contribution in [2.45, 2.75) is 18.8 Å². The normalized spacial score (nSPS) is 15.2. The number of rotatable bonds is 2. The van der Waals surface area contributed by atoms with Gasteiger partial charge in [0.15, 0.2) is 0 Å². The fraction of sp³-hybridized carbons (Fsp3) is 0.333. The van der Waals surface area contributed by atoms with Gasteiger partial charge in [0.25, 0.3) is 0 Å². The van der Waals surface area contributed by atoms with Crippen molar-refractivity contribution in [1.29, 1.82) is 0 Å². The van der Waals surface area contributed by atoms with Crippen LogP contribution in [0.15, 0.2) is 23.3 Å². The van der Waals surface area contributed by atoms with E-state index in [4.69, 9.17) is 5.53 Å². The zero-order chi connectivity index (χ0) is 9.26. The Morgan fingerprint density at radius 3 is 2.85 bits per heavy atom. The zero-order valence-electron chi connectivity index (χ0n) is 6.94. The molecule has 0 heterocycles. The van der Waals surface area contributed by atoms with E-state index in [2.05, 4.69) is 10.0 Å². The van der Waals surface area contributed by atoms with Crippen molar-refractivity contribution in [2.75, 3.05) is 0 Å². The Labute approximate surface area is 74.8 Å². The fourth-order valence-electron chi connectivity index (χ4n) is 1.35. The minimum atomic E-state index is -0.195. The highest BCUT2D eigenvalue weighted by atomic mass is 19.1. The molecule has 0 aromatic heterocycles. The number of hydrogen-bond donors (Lipinski definition) is 0. The first-order chi connectivity index (χ1) is 6.31.